The molecule has 21 heavy (non-hydrogen) atoms. The third-order valence-electron chi connectivity index (χ3n) is 2.66. The second-order valence-electron chi connectivity index (χ2n) is 4.44. The molecule has 1 aromatic heterocycles. The maximum atomic E-state index is 11.8. The van der Waals surface area contributed by atoms with Gasteiger partial charge >= 0.3 is 11.9 Å². The summed E-state index contributed by atoms with van der Waals surface area (Å²) in [6.45, 7) is 5.11. The zero-order valence-corrected chi connectivity index (χ0v) is 12.0. The molecule has 2 unspecified atom stereocenters. The number of ether oxygens (including phenoxy) is 1. The van der Waals surface area contributed by atoms with Gasteiger partial charge in [-0.25, -0.2) is 14.6 Å². The Kier molecular flexibility index (Phi) is 5.77. The highest BCUT2D eigenvalue weighted by Crippen LogP contribution is 2.01. The molecule has 8 heteroatoms. The summed E-state index contributed by atoms with van der Waals surface area (Å²) in [5, 5.41) is 11.1. The second kappa shape index (κ2) is 7.32. The van der Waals surface area contributed by atoms with Crippen LogP contribution in [0.4, 0.5) is 0 Å². The van der Waals surface area contributed by atoms with E-state index in [9.17, 15) is 14.4 Å². The van der Waals surface area contributed by atoms with E-state index in [2.05, 4.69) is 15.3 Å². The van der Waals surface area contributed by atoms with E-state index in [1.165, 1.54) is 12.4 Å². The monoisotopic (exact) mass is 295 g/mol. The number of hydrogen-bond acceptors (Lipinski definition) is 6. The van der Waals surface area contributed by atoms with Crippen LogP contribution < -0.4 is 5.32 Å². The first-order valence-electron chi connectivity index (χ1n) is 6.38. The number of carboxylic acids is 1. The van der Waals surface area contributed by atoms with Gasteiger partial charge in [0, 0.05) is 6.20 Å². The Balaban J connectivity index is 2.78. The number of esters is 1. The molecule has 0 bridgehead atoms. The largest absolute Gasteiger partial charge is 0.479 e. The van der Waals surface area contributed by atoms with Crippen molar-refractivity contribution in [3.8, 4) is 0 Å². The number of nitrogens with one attached hydrogen (secondary N) is 1. The second-order valence-corrected chi connectivity index (χ2v) is 4.44. The molecule has 0 saturated carbocycles. The van der Waals surface area contributed by atoms with E-state index in [1.54, 1.807) is 20.8 Å². The summed E-state index contributed by atoms with van der Waals surface area (Å²) >= 11 is 0. The molecule has 2 atom stereocenters. The lowest BCUT2D eigenvalue weighted by Crippen LogP contribution is -2.48. The number of amides is 1. The third kappa shape index (κ3) is 4.83. The van der Waals surface area contributed by atoms with Crippen LogP contribution in [0.15, 0.2) is 12.4 Å². The lowest BCUT2D eigenvalue weighted by atomic mass is 10.2. The molecule has 0 aliphatic rings. The number of carboxylic acid groups (broad SMARTS) is 1. The summed E-state index contributed by atoms with van der Waals surface area (Å²) in [6, 6.07) is -1.78. The minimum atomic E-state index is -1.78. The van der Waals surface area contributed by atoms with Crippen molar-refractivity contribution >= 4 is 17.8 Å². The van der Waals surface area contributed by atoms with Gasteiger partial charge in [-0.15, -0.1) is 0 Å². The van der Waals surface area contributed by atoms with E-state index < -0.39 is 30.0 Å². The average molecular weight is 295 g/mol. The number of nitrogens with zero attached hydrogens (tertiary/aromatic N) is 2. The molecule has 0 aliphatic carbocycles. The lowest BCUT2D eigenvalue weighted by Gasteiger charge is -2.16. The molecule has 114 valence electrons. The number of aliphatic carboxylic acids is 1. The fraction of sp³-hybridized carbons (Fsp3) is 0.462. The Morgan fingerprint density at radius 1 is 1.33 bits per heavy atom. The Bertz CT molecular complexity index is 529. The SMILES string of the molecule is CCC(C)OC(=O)C(NC(=O)c1cnc(C)cn1)C(=O)O. The van der Waals surface area contributed by atoms with Crippen LogP contribution in [0.3, 0.4) is 0 Å². The molecule has 0 fully saturated rings. The van der Waals surface area contributed by atoms with Gasteiger partial charge in [-0.2, -0.15) is 0 Å². The number of hydrogen-bond donors (Lipinski definition) is 2. The van der Waals surface area contributed by atoms with Gasteiger partial charge in [0.1, 0.15) is 5.69 Å². The highest BCUT2D eigenvalue weighted by Gasteiger charge is 2.31. The van der Waals surface area contributed by atoms with Crippen molar-refractivity contribution in [1.29, 1.82) is 0 Å². The van der Waals surface area contributed by atoms with Crippen molar-refractivity contribution in [2.45, 2.75) is 39.3 Å². The molecule has 1 amide bonds. The first kappa shape index (κ1) is 16.5. The smallest absolute Gasteiger partial charge is 0.340 e. The predicted octanol–water partition coefficient (Wildman–Crippen LogP) is 0.310. The fourth-order valence-corrected chi connectivity index (χ4v) is 1.29. The first-order valence-corrected chi connectivity index (χ1v) is 6.38. The van der Waals surface area contributed by atoms with Crippen LogP contribution in [0.2, 0.25) is 0 Å². The molecular formula is C13H17N3O5. The molecule has 1 rings (SSSR count). The summed E-state index contributed by atoms with van der Waals surface area (Å²) in [7, 11) is 0. The van der Waals surface area contributed by atoms with Crippen molar-refractivity contribution in [3.05, 3.63) is 23.8 Å². The van der Waals surface area contributed by atoms with E-state index >= 15 is 0 Å². The van der Waals surface area contributed by atoms with E-state index in [-0.39, 0.29) is 5.69 Å². The highest BCUT2D eigenvalue weighted by atomic mass is 16.5. The zero-order chi connectivity index (χ0) is 16.0. The number of carbonyl (C=O) groups excluding carboxylic acids is 2. The summed E-state index contributed by atoms with van der Waals surface area (Å²) in [5.74, 6) is -3.34. The molecular weight excluding hydrogens is 278 g/mol. The Labute approximate surface area is 121 Å². The number of aryl methyl sites for hydroxylation is 1. The van der Waals surface area contributed by atoms with Gasteiger partial charge < -0.3 is 15.2 Å². The van der Waals surface area contributed by atoms with Crippen molar-refractivity contribution < 1.29 is 24.2 Å². The minimum absolute atomic E-state index is 0.0804. The van der Waals surface area contributed by atoms with Crippen LogP contribution in [0.1, 0.15) is 36.5 Å². The summed E-state index contributed by atoms with van der Waals surface area (Å²) < 4.78 is 4.91. The lowest BCUT2D eigenvalue weighted by molar-refractivity contribution is -0.158. The van der Waals surface area contributed by atoms with Crippen molar-refractivity contribution in [3.63, 3.8) is 0 Å². The van der Waals surface area contributed by atoms with Crippen LogP contribution in [0, 0.1) is 6.92 Å². The summed E-state index contributed by atoms with van der Waals surface area (Å²) in [5.41, 5.74) is 0.528. The molecule has 2 N–H and O–H groups in total. The van der Waals surface area contributed by atoms with Crippen molar-refractivity contribution in [1.82, 2.24) is 15.3 Å². The Morgan fingerprint density at radius 3 is 2.48 bits per heavy atom. The molecule has 0 spiro atoms. The quantitative estimate of drug-likeness (QED) is 0.572. The Hall–Kier alpha value is -2.51. The normalized spacial score (nSPS) is 13.1. The molecule has 0 radical (unpaired) electrons. The molecule has 1 heterocycles. The van der Waals surface area contributed by atoms with Gasteiger partial charge in [0.2, 0.25) is 6.04 Å². The van der Waals surface area contributed by atoms with Gasteiger partial charge in [0.15, 0.2) is 0 Å². The number of carbonyl (C=O) groups is 3. The fourth-order valence-electron chi connectivity index (χ4n) is 1.29. The van der Waals surface area contributed by atoms with Crippen LogP contribution in [0.25, 0.3) is 0 Å². The van der Waals surface area contributed by atoms with E-state index in [1.807, 2.05) is 0 Å². The third-order valence-corrected chi connectivity index (χ3v) is 2.66. The summed E-state index contributed by atoms with van der Waals surface area (Å²) in [6.07, 6.45) is 2.66. The average Bonchev–Trinajstić information content (AvgIpc) is 2.44. The predicted molar refractivity (Wildman–Crippen MR) is 71.5 cm³/mol. The van der Waals surface area contributed by atoms with Crippen LogP contribution in [-0.4, -0.2) is 45.1 Å². The van der Waals surface area contributed by atoms with Crippen LogP contribution in [-0.2, 0) is 14.3 Å². The van der Waals surface area contributed by atoms with Gasteiger partial charge in [-0.3, -0.25) is 9.78 Å². The molecule has 8 nitrogen and oxygen atoms in total. The molecule has 1 aromatic rings. The highest BCUT2D eigenvalue weighted by molar-refractivity contribution is 6.04. The topological polar surface area (TPSA) is 118 Å². The van der Waals surface area contributed by atoms with Crippen molar-refractivity contribution in [2.24, 2.45) is 0 Å². The van der Waals surface area contributed by atoms with Gasteiger partial charge in [0.05, 0.1) is 18.0 Å². The van der Waals surface area contributed by atoms with Crippen LogP contribution >= 0.6 is 0 Å². The molecule has 0 saturated heterocycles. The van der Waals surface area contributed by atoms with Gasteiger partial charge in [0.25, 0.3) is 5.91 Å². The van der Waals surface area contributed by atoms with E-state index in [0.717, 1.165) is 0 Å². The molecule has 0 aromatic carbocycles. The Morgan fingerprint density at radius 2 is 2.00 bits per heavy atom. The van der Waals surface area contributed by atoms with Gasteiger partial charge in [-0.1, -0.05) is 6.92 Å². The zero-order valence-electron chi connectivity index (χ0n) is 12.0. The molecule has 0 aliphatic heterocycles. The van der Waals surface area contributed by atoms with Crippen LogP contribution in [0.5, 0.6) is 0 Å². The number of aromatic nitrogens is 2. The van der Waals surface area contributed by atoms with E-state index in [4.69, 9.17) is 9.84 Å². The number of rotatable bonds is 6. The summed E-state index contributed by atoms with van der Waals surface area (Å²) in [4.78, 5) is 42.3. The van der Waals surface area contributed by atoms with Crippen molar-refractivity contribution in [2.75, 3.05) is 0 Å². The maximum Gasteiger partial charge on any atom is 0.340 e. The van der Waals surface area contributed by atoms with E-state index in [0.29, 0.717) is 12.1 Å². The van der Waals surface area contributed by atoms with Gasteiger partial charge in [-0.05, 0) is 20.3 Å². The standard InChI is InChI=1S/C13H17N3O5/c1-4-8(3)21-13(20)10(12(18)19)16-11(17)9-6-14-7(2)5-15-9/h5-6,8,10H,4H2,1-3H3,(H,16,17)(H,18,19). The maximum absolute atomic E-state index is 11.8. The minimum Gasteiger partial charge on any atom is -0.479 e. The first-order chi connectivity index (χ1) is 9.85.